The van der Waals surface area contributed by atoms with Gasteiger partial charge in [-0.3, -0.25) is 9.59 Å². The molecule has 0 aliphatic rings. The molecular formula is C8H20N4O2. The Morgan fingerprint density at radius 2 is 1.71 bits per heavy atom. The first-order valence-electron chi connectivity index (χ1n) is 4.48. The normalized spacial score (nSPS) is 11.1. The van der Waals surface area contributed by atoms with E-state index in [0.29, 0.717) is 0 Å². The Morgan fingerprint density at radius 1 is 1.29 bits per heavy atom. The predicted molar refractivity (Wildman–Crippen MR) is 54.9 cm³/mol. The lowest BCUT2D eigenvalue weighted by atomic mass is 10.1. The van der Waals surface area contributed by atoms with Crippen LogP contribution in [0.3, 0.4) is 0 Å². The van der Waals surface area contributed by atoms with Crippen LogP contribution in [0.1, 0.15) is 26.2 Å². The second kappa shape index (κ2) is 9.94. The van der Waals surface area contributed by atoms with Crippen LogP contribution < -0.4 is 22.9 Å². The van der Waals surface area contributed by atoms with E-state index in [1.807, 2.05) is 0 Å². The summed E-state index contributed by atoms with van der Waals surface area (Å²) >= 11 is 0. The first kappa shape index (κ1) is 15.3. The summed E-state index contributed by atoms with van der Waals surface area (Å²) in [5.74, 6) is -1.09. The third-order valence-corrected chi connectivity index (χ3v) is 1.36. The van der Waals surface area contributed by atoms with Crippen molar-refractivity contribution in [2.75, 3.05) is 6.54 Å². The zero-order chi connectivity index (χ0) is 11.6. The molecule has 0 aliphatic heterocycles. The van der Waals surface area contributed by atoms with Crippen molar-refractivity contribution in [3.8, 4) is 0 Å². The van der Waals surface area contributed by atoms with Crippen LogP contribution in [-0.2, 0) is 9.59 Å². The highest BCUT2D eigenvalue weighted by atomic mass is 16.1. The molecule has 14 heavy (non-hydrogen) atoms. The molecule has 0 aromatic rings. The summed E-state index contributed by atoms with van der Waals surface area (Å²) in [7, 11) is 0. The van der Waals surface area contributed by atoms with E-state index in [0.717, 1.165) is 13.0 Å². The smallest absolute Gasteiger partial charge is 0.234 e. The van der Waals surface area contributed by atoms with Crippen molar-refractivity contribution in [3.05, 3.63) is 0 Å². The maximum absolute atomic E-state index is 10.3. The number of hydrogen-bond donors (Lipinski definition) is 4. The number of amides is 2. The van der Waals surface area contributed by atoms with Crippen LogP contribution in [0.15, 0.2) is 0 Å². The summed E-state index contributed by atoms with van der Waals surface area (Å²) in [4.78, 5) is 20.4. The molecule has 0 aliphatic carbocycles. The molecule has 2 amide bonds. The van der Waals surface area contributed by atoms with Crippen LogP contribution in [0.25, 0.3) is 0 Å². The highest BCUT2D eigenvalue weighted by molar-refractivity contribution is 5.81. The summed E-state index contributed by atoms with van der Waals surface area (Å²) in [6, 6.07) is -0.757. The second-order valence-corrected chi connectivity index (χ2v) is 2.80. The Kier molecular flexibility index (Phi) is 10.9. The molecule has 0 saturated heterocycles. The van der Waals surface area contributed by atoms with E-state index in [1.165, 1.54) is 0 Å². The van der Waals surface area contributed by atoms with Crippen molar-refractivity contribution in [2.45, 2.75) is 32.2 Å². The van der Waals surface area contributed by atoms with Gasteiger partial charge in [-0.05, 0) is 19.4 Å². The van der Waals surface area contributed by atoms with E-state index in [1.54, 1.807) is 0 Å². The van der Waals surface area contributed by atoms with Gasteiger partial charge < -0.3 is 22.9 Å². The van der Waals surface area contributed by atoms with Gasteiger partial charge in [0.1, 0.15) is 0 Å². The van der Waals surface area contributed by atoms with Gasteiger partial charge in [-0.2, -0.15) is 0 Å². The Bertz CT molecular complexity index is 171. The maximum atomic E-state index is 10.3. The van der Waals surface area contributed by atoms with E-state index in [2.05, 4.69) is 6.92 Å². The van der Waals surface area contributed by atoms with Crippen LogP contribution in [0, 0.1) is 0 Å². The molecule has 0 radical (unpaired) electrons. The standard InChI is InChI=1S/C5H11N3O2.C3H9N/c6-3(5(8)10)1-2-4(7)9;1-2-3-4/h3H,1-2,6H2,(H2,7,9)(H2,8,10);2-4H2,1H3/t3-;/m0./s1. The van der Waals surface area contributed by atoms with Crippen molar-refractivity contribution in [2.24, 2.45) is 22.9 Å². The molecule has 0 aromatic carbocycles. The number of nitrogens with two attached hydrogens (primary N) is 4. The molecule has 0 fully saturated rings. The third-order valence-electron chi connectivity index (χ3n) is 1.36. The quantitative estimate of drug-likeness (QED) is 0.429. The molecule has 0 spiro atoms. The molecule has 84 valence electrons. The Morgan fingerprint density at radius 3 is 1.93 bits per heavy atom. The van der Waals surface area contributed by atoms with Gasteiger partial charge >= 0.3 is 0 Å². The fraction of sp³-hybridized carbons (Fsp3) is 0.750. The van der Waals surface area contributed by atoms with Gasteiger partial charge in [-0.1, -0.05) is 6.92 Å². The predicted octanol–water partition coefficient (Wildman–Crippen LogP) is -1.58. The van der Waals surface area contributed by atoms with Gasteiger partial charge in [0.05, 0.1) is 6.04 Å². The molecule has 0 aromatic heterocycles. The van der Waals surface area contributed by atoms with E-state index < -0.39 is 17.9 Å². The number of primary amides is 2. The topological polar surface area (TPSA) is 138 Å². The lowest BCUT2D eigenvalue weighted by Gasteiger charge is -2.03. The third kappa shape index (κ3) is 13.4. The van der Waals surface area contributed by atoms with Crippen molar-refractivity contribution in [1.82, 2.24) is 0 Å². The fourth-order valence-corrected chi connectivity index (χ4v) is 0.440. The van der Waals surface area contributed by atoms with E-state index in [-0.39, 0.29) is 12.8 Å². The van der Waals surface area contributed by atoms with Crippen LogP contribution >= 0.6 is 0 Å². The molecule has 6 heteroatoms. The summed E-state index contributed by atoms with van der Waals surface area (Å²) < 4.78 is 0. The number of carbonyl (C=O) groups excluding carboxylic acids is 2. The van der Waals surface area contributed by atoms with Crippen molar-refractivity contribution in [1.29, 1.82) is 0 Å². The molecule has 0 bridgehead atoms. The summed E-state index contributed by atoms with van der Waals surface area (Å²) in [6.45, 7) is 2.88. The molecular weight excluding hydrogens is 184 g/mol. The minimum absolute atomic E-state index is 0.101. The molecule has 8 N–H and O–H groups in total. The fourth-order valence-electron chi connectivity index (χ4n) is 0.440. The Balaban J connectivity index is 0. The van der Waals surface area contributed by atoms with Crippen LogP contribution in [-0.4, -0.2) is 24.4 Å². The van der Waals surface area contributed by atoms with Crippen LogP contribution in [0.4, 0.5) is 0 Å². The largest absolute Gasteiger partial charge is 0.370 e. The molecule has 0 rings (SSSR count). The van der Waals surface area contributed by atoms with Crippen molar-refractivity contribution in [3.63, 3.8) is 0 Å². The minimum Gasteiger partial charge on any atom is -0.370 e. The Hall–Kier alpha value is -1.14. The van der Waals surface area contributed by atoms with Crippen molar-refractivity contribution >= 4 is 11.8 Å². The van der Waals surface area contributed by atoms with Gasteiger partial charge in [0.15, 0.2) is 0 Å². The van der Waals surface area contributed by atoms with Gasteiger partial charge in [0.2, 0.25) is 11.8 Å². The van der Waals surface area contributed by atoms with Gasteiger partial charge in [-0.25, -0.2) is 0 Å². The first-order valence-corrected chi connectivity index (χ1v) is 4.48. The summed E-state index contributed by atoms with van der Waals surface area (Å²) in [5, 5.41) is 0. The maximum Gasteiger partial charge on any atom is 0.234 e. The lowest BCUT2D eigenvalue weighted by Crippen LogP contribution is -2.37. The number of carbonyl (C=O) groups is 2. The highest BCUT2D eigenvalue weighted by Crippen LogP contribution is 1.91. The van der Waals surface area contributed by atoms with Crippen LogP contribution in [0.5, 0.6) is 0 Å². The number of rotatable bonds is 5. The van der Waals surface area contributed by atoms with E-state index in [9.17, 15) is 9.59 Å². The molecule has 0 saturated carbocycles. The molecule has 6 nitrogen and oxygen atoms in total. The Labute approximate surface area is 84.0 Å². The van der Waals surface area contributed by atoms with E-state index in [4.69, 9.17) is 22.9 Å². The van der Waals surface area contributed by atoms with E-state index >= 15 is 0 Å². The number of hydrogen-bond acceptors (Lipinski definition) is 4. The minimum atomic E-state index is -0.757. The molecule has 1 atom stereocenters. The highest BCUT2D eigenvalue weighted by Gasteiger charge is 2.09. The zero-order valence-corrected chi connectivity index (χ0v) is 8.53. The summed E-state index contributed by atoms with van der Waals surface area (Å²) in [5.41, 5.74) is 19.8. The zero-order valence-electron chi connectivity index (χ0n) is 8.53. The average Bonchev–Trinajstić information content (AvgIpc) is 2.14. The molecule has 0 unspecified atom stereocenters. The SMILES string of the molecule is CCCN.NC(=O)CC[C@H](N)C(N)=O. The monoisotopic (exact) mass is 204 g/mol. The van der Waals surface area contributed by atoms with Gasteiger partial charge in [0, 0.05) is 6.42 Å². The second-order valence-electron chi connectivity index (χ2n) is 2.80. The van der Waals surface area contributed by atoms with Crippen LogP contribution in [0.2, 0.25) is 0 Å². The van der Waals surface area contributed by atoms with Crippen molar-refractivity contribution < 1.29 is 9.59 Å². The average molecular weight is 204 g/mol. The molecule has 0 heterocycles. The lowest BCUT2D eigenvalue weighted by molar-refractivity contribution is -0.120. The summed E-state index contributed by atoms with van der Waals surface area (Å²) in [6.07, 6.45) is 1.43. The van der Waals surface area contributed by atoms with Gasteiger partial charge in [-0.15, -0.1) is 0 Å². The first-order chi connectivity index (χ1) is 6.45. The van der Waals surface area contributed by atoms with Gasteiger partial charge in [0.25, 0.3) is 0 Å².